The topological polar surface area (TPSA) is 38.9 Å². The van der Waals surface area contributed by atoms with E-state index in [4.69, 9.17) is 5.73 Å². The molecular weight excluding hydrogens is 204 g/mol. The molecule has 0 bridgehead atoms. The van der Waals surface area contributed by atoms with E-state index in [9.17, 15) is 0 Å². The van der Waals surface area contributed by atoms with Gasteiger partial charge < -0.3 is 5.73 Å². The minimum atomic E-state index is 0.716. The molecule has 0 aliphatic rings. The van der Waals surface area contributed by atoms with Crippen LogP contribution in [0.2, 0.25) is 0 Å². The lowest BCUT2D eigenvalue weighted by atomic mass is 10.1. The number of hydrogen-bond donors (Lipinski definition) is 1. The Labute approximate surface area is 93.8 Å². The molecule has 0 saturated heterocycles. The molecule has 0 saturated carbocycles. The smallest absolute Gasteiger partial charge is 0.0794 e. The van der Waals surface area contributed by atoms with Crippen LogP contribution in [0.3, 0.4) is 0 Å². The van der Waals surface area contributed by atoms with E-state index >= 15 is 0 Å². The van der Waals surface area contributed by atoms with Crippen LogP contribution < -0.4 is 5.73 Å². The van der Waals surface area contributed by atoms with Crippen molar-refractivity contribution in [1.82, 2.24) is 4.98 Å². The maximum atomic E-state index is 5.50. The Bertz CT molecular complexity index is 392. The van der Waals surface area contributed by atoms with Gasteiger partial charge >= 0.3 is 0 Å². The molecule has 2 aromatic rings. The van der Waals surface area contributed by atoms with Crippen molar-refractivity contribution in [2.75, 3.05) is 6.54 Å². The standard InChI is InChI=1S/C12H14N2S/c13-6-5-10-1-3-11(4-2-10)7-12-8-14-9-15-12/h1-4,8-9H,5-7,13H2. The lowest BCUT2D eigenvalue weighted by Gasteiger charge is -2.01. The van der Waals surface area contributed by atoms with Crippen LogP contribution in [0.4, 0.5) is 0 Å². The Kier molecular flexibility index (Phi) is 3.48. The van der Waals surface area contributed by atoms with Gasteiger partial charge in [-0.25, -0.2) is 0 Å². The Hall–Kier alpha value is -1.19. The lowest BCUT2D eigenvalue weighted by molar-refractivity contribution is 0.967. The highest BCUT2D eigenvalue weighted by Crippen LogP contribution is 2.13. The van der Waals surface area contributed by atoms with Gasteiger partial charge in [-0.15, -0.1) is 11.3 Å². The van der Waals surface area contributed by atoms with E-state index in [1.165, 1.54) is 16.0 Å². The summed E-state index contributed by atoms with van der Waals surface area (Å²) in [5.41, 5.74) is 10.0. The first-order chi connectivity index (χ1) is 7.38. The third kappa shape index (κ3) is 2.88. The maximum Gasteiger partial charge on any atom is 0.0794 e. The predicted octanol–water partition coefficient (Wildman–Crippen LogP) is 2.24. The normalized spacial score (nSPS) is 10.5. The van der Waals surface area contributed by atoms with Crippen LogP contribution in [0.15, 0.2) is 36.0 Å². The molecule has 1 aromatic carbocycles. The van der Waals surface area contributed by atoms with Crippen molar-refractivity contribution in [2.24, 2.45) is 5.73 Å². The summed E-state index contributed by atoms with van der Waals surface area (Å²) in [5, 5.41) is 0. The number of aromatic nitrogens is 1. The van der Waals surface area contributed by atoms with Crippen LogP contribution in [-0.4, -0.2) is 11.5 Å². The van der Waals surface area contributed by atoms with Crippen LogP contribution in [-0.2, 0) is 12.8 Å². The summed E-state index contributed by atoms with van der Waals surface area (Å²) in [7, 11) is 0. The fourth-order valence-electron chi connectivity index (χ4n) is 1.52. The first-order valence-electron chi connectivity index (χ1n) is 5.04. The second-order valence-corrected chi connectivity index (χ2v) is 4.47. The molecule has 2 N–H and O–H groups in total. The molecule has 2 rings (SSSR count). The van der Waals surface area contributed by atoms with E-state index in [1.54, 1.807) is 11.3 Å². The van der Waals surface area contributed by atoms with E-state index in [2.05, 4.69) is 29.2 Å². The van der Waals surface area contributed by atoms with E-state index in [-0.39, 0.29) is 0 Å². The van der Waals surface area contributed by atoms with Gasteiger partial charge in [0.2, 0.25) is 0 Å². The molecule has 2 nitrogen and oxygen atoms in total. The van der Waals surface area contributed by atoms with Crippen LogP contribution >= 0.6 is 11.3 Å². The summed E-state index contributed by atoms with van der Waals surface area (Å²) in [4.78, 5) is 5.37. The van der Waals surface area contributed by atoms with E-state index in [0.717, 1.165) is 12.8 Å². The minimum Gasteiger partial charge on any atom is -0.330 e. The van der Waals surface area contributed by atoms with Crippen molar-refractivity contribution in [1.29, 1.82) is 0 Å². The molecule has 0 spiro atoms. The summed E-state index contributed by atoms with van der Waals surface area (Å²) < 4.78 is 0. The highest BCUT2D eigenvalue weighted by atomic mass is 32.1. The molecule has 0 fully saturated rings. The van der Waals surface area contributed by atoms with Crippen molar-refractivity contribution >= 4 is 11.3 Å². The third-order valence-corrected chi connectivity index (χ3v) is 3.10. The van der Waals surface area contributed by atoms with E-state index < -0.39 is 0 Å². The zero-order valence-electron chi connectivity index (χ0n) is 8.52. The Morgan fingerprint density at radius 2 is 1.87 bits per heavy atom. The Morgan fingerprint density at radius 3 is 2.47 bits per heavy atom. The molecule has 78 valence electrons. The highest BCUT2D eigenvalue weighted by molar-refractivity contribution is 7.09. The second-order valence-electron chi connectivity index (χ2n) is 3.50. The highest BCUT2D eigenvalue weighted by Gasteiger charge is 1.98. The van der Waals surface area contributed by atoms with Crippen molar-refractivity contribution in [3.63, 3.8) is 0 Å². The van der Waals surface area contributed by atoms with Gasteiger partial charge in [-0.2, -0.15) is 0 Å². The van der Waals surface area contributed by atoms with Crippen molar-refractivity contribution in [3.05, 3.63) is 52.0 Å². The first-order valence-corrected chi connectivity index (χ1v) is 5.91. The van der Waals surface area contributed by atoms with Gasteiger partial charge in [-0.05, 0) is 24.1 Å². The van der Waals surface area contributed by atoms with Crippen LogP contribution in [0.25, 0.3) is 0 Å². The second kappa shape index (κ2) is 5.05. The number of rotatable bonds is 4. The fourth-order valence-corrected chi connectivity index (χ4v) is 2.15. The summed E-state index contributed by atoms with van der Waals surface area (Å²) in [6.07, 6.45) is 3.87. The maximum absolute atomic E-state index is 5.50. The zero-order chi connectivity index (χ0) is 10.5. The van der Waals surface area contributed by atoms with Crippen LogP contribution in [0.5, 0.6) is 0 Å². The molecule has 1 heterocycles. The molecule has 3 heteroatoms. The molecular formula is C12H14N2S. The summed E-state index contributed by atoms with van der Waals surface area (Å²) >= 11 is 1.70. The van der Waals surface area contributed by atoms with Gasteiger partial charge in [-0.1, -0.05) is 24.3 Å². The predicted molar refractivity (Wildman–Crippen MR) is 64.1 cm³/mol. The van der Waals surface area contributed by atoms with Crippen molar-refractivity contribution in [3.8, 4) is 0 Å². The summed E-state index contributed by atoms with van der Waals surface area (Å²) in [6.45, 7) is 0.716. The molecule has 0 atom stereocenters. The quantitative estimate of drug-likeness (QED) is 0.854. The van der Waals surface area contributed by atoms with Gasteiger partial charge in [0, 0.05) is 17.5 Å². The molecule has 1 aromatic heterocycles. The molecule has 0 unspecified atom stereocenters. The number of benzene rings is 1. The zero-order valence-corrected chi connectivity index (χ0v) is 9.33. The number of nitrogens with two attached hydrogens (primary N) is 1. The van der Waals surface area contributed by atoms with Gasteiger partial charge in [0.25, 0.3) is 0 Å². The SMILES string of the molecule is NCCc1ccc(Cc2cncs2)cc1. The first kappa shape index (κ1) is 10.3. The van der Waals surface area contributed by atoms with E-state index in [0.29, 0.717) is 6.54 Å². The molecule has 0 aliphatic heterocycles. The summed E-state index contributed by atoms with van der Waals surface area (Å²) in [6, 6.07) is 8.65. The molecule has 0 radical (unpaired) electrons. The monoisotopic (exact) mass is 218 g/mol. The van der Waals surface area contributed by atoms with E-state index in [1.807, 2.05) is 11.7 Å². The van der Waals surface area contributed by atoms with Crippen LogP contribution in [0, 0.1) is 0 Å². The average molecular weight is 218 g/mol. The molecule has 0 aliphatic carbocycles. The van der Waals surface area contributed by atoms with Gasteiger partial charge in [0.1, 0.15) is 0 Å². The molecule has 15 heavy (non-hydrogen) atoms. The number of hydrogen-bond acceptors (Lipinski definition) is 3. The Balaban J connectivity index is 2.04. The lowest BCUT2D eigenvalue weighted by Crippen LogP contribution is -2.02. The fraction of sp³-hybridized carbons (Fsp3) is 0.250. The van der Waals surface area contributed by atoms with Crippen LogP contribution in [0.1, 0.15) is 16.0 Å². The minimum absolute atomic E-state index is 0.716. The van der Waals surface area contributed by atoms with Gasteiger partial charge in [0.05, 0.1) is 5.51 Å². The Morgan fingerprint density at radius 1 is 1.13 bits per heavy atom. The number of thiazole rings is 1. The summed E-state index contributed by atoms with van der Waals surface area (Å²) in [5.74, 6) is 0. The van der Waals surface area contributed by atoms with Crippen molar-refractivity contribution in [2.45, 2.75) is 12.8 Å². The number of nitrogens with zero attached hydrogens (tertiary/aromatic N) is 1. The largest absolute Gasteiger partial charge is 0.330 e. The molecule has 0 amide bonds. The van der Waals surface area contributed by atoms with Crippen molar-refractivity contribution < 1.29 is 0 Å². The third-order valence-electron chi connectivity index (χ3n) is 2.32. The average Bonchev–Trinajstić information content (AvgIpc) is 2.74. The van der Waals surface area contributed by atoms with Gasteiger partial charge in [-0.3, -0.25) is 4.98 Å². The van der Waals surface area contributed by atoms with Gasteiger partial charge in [0.15, 0.2) is 0 Å².